The van der Waals surface area contributed by atoms with E-state index in [-0.39, 0.29) is 10.0 Å². The Labute approximate surface area is 122 Å². The van der Waals surface area contributed by atoms with Gasteiger partial charge in [0.25, 0.3) is 10.0 Å². The molecular weight excluding hydrogens is 300 g/mol. The Hall–Kier alpha value is -1.63. The molecule has 7 heteroatoms. The number of nitrogens with one attached hydrogen (secondary N) is 1. The number of para-hydroxylation sites is 1. The van der Waals surface area contributed by atoms with E-state index >= 15 is 0 Å². The molecule has 0 fully saturated rings. The second kappa shape index (κ2) is 6.21. The van der Waals surface area contributed by atoms with Crippen LogP contribution >= 0.6 is 11.6 Å². The van der Waals surface area contributed by atoms with Crippen LogP contribution in [-0.4, -0.2) is 20.5 Å². The summed E-state index contributed by atoms with van der Waals surface area (Å²) in [6, 6.07) is 9.86. The monoisotopic (exact) mass is 312 g/mol. The molecule has 0 aliphatic carbocycles. The van der Waals surface area contributed by atoms with Gasteiger partial charge in [-0.15, -0.1) is 0 Å². The highest BCUT2D eigenvalue weighted by Gasteiger charge is 2.16. The molecule has 20 heavy (non-hydrogen) atoms. The maximum Gasteiger partial charge on any atom is 0.263 e. The van der Waals surface area contributed by atoms with Gasteiger partial charge in [-0.1, -0.05) is 29.8 Å². The van der Waals surface area contributed by atoms with Gasteiger partial charge in [-0.2, -0.15) is 0 Å². The summed E-state index contributed by atoms with van der Waals surface area (Å²) < 4.78 is 32.0. The van der Waals surface area contributed by atoms with Crippen LogP contribution in [0.1, 0.15) is 5.56 Å². The maximum absolute atomic E-state index is 12.2. The van der Waals surface area contributed by atoms with Gasteiger partial charge in [0.1, 0.15) is 10.0 Å². The SMILES string of the molecule is COCc1ccccc1NS(=O)(=O)c1ccc(Cl)nc1. The number of benzene rings is 1. The summed E-state index contributed by atoms with van der Waals surface area (Å²) in [7, 11) is -2.15. The lowest BCUT2D eigenvalue weighted by Crippen LogP contribution is -2.14. The summed E-state index contributed by atoms with van der Waals surface area (Å²) in [5, 5.41) is 0.240. The van der Waals surface area contributed by atoms with E-state index in [4.69, 9.17) is 16.3 Å². The van der Waals surface area contributed by atoms with Gasteiger partial charge < -0.3 is 4.74 Å². The number of rotatable bonds is 5. The summed E-state index contributed by atoms with van der Waals surface area (Å²) in [4.78, 5) is 3.82. The molecule has 5 nitrogen and oxygen atoms in total. The van der Waals surface area contributed by atoms with E-state index in [1.807, 2.05) is 6.07 Å². The molecule has 0 bridgehead atoms. The van der Waals surface area contributed by atoms with Gasteiger partial charge in [0.05, 0.1) is 12.3 Å². The van der Waals surface area contributed by atoms with Gasteiger partial charge in [0.2, 0.25) is 0 Å². The minimum atomic E-state index is -3.70. The van der Waals surface area contributed by atoms with Gasteiger partial charge in [-0.05, 0) is 18.2 Å². The van der Waals surface area contributed by atoms with Crippen LogP contribution in [0.4, 0.5) is 5.69 Å². The van der Waals surface area contributed by atoms with Gasteiger partial charge in [-0.25, -0.2) is 13.4 Å². The van der Waals surface area contributed by atoms with Crippen molar-refractivity contribution >= 4 is 27.3 Å². The average Bonchev–Trinajstić information content (AvgIpc) is 2.41. The number of hydrogen-bond acceptors (Lipinski definition) is 4. The Morgan fingerprint density at radius 1 is 1.25 bits per heavy atom. The van der Waals surface area contributed by atoms with Crippen molar-refractivity contribution in [3.05, 3.63) is 53.3 Å². The fraction of sp³-hybridized carbons (Fsp3) is 0.154. The van der Waals surface area contributed by atoms with Crippen molar-refractivity contribution in [1.82, 2.24) is 4.98 Å². The molecule has 1 N–H and O–H groups in total. The second-order valence-corrected chi connectivity index (χ2v) is 6.08. The molecule has 0 amide bonds. The summed E-state index contributed by atoms with van der Waals surface area (Å²) >= 11 is 5.65. The molecule has 0 saturated carbocycles. The van der Waals surface area contributed by atoms with E-state index in [2.05, 4.69) is 9.71 Å². The number of ether oxygens (including phenoxy) is 1. The van der Waals surface area contributed by atoms with Gasteiger partial charge in [-0.3, -0.25) is 4.72 Å². The van der Waals surface area contributed by atoms with Gasteiger partial charge in [0.15, 0.2) is 0 Å². The van der Waals surface area contributed by atoms with Crippen LogP contribution < -0.4 is 4.72 Å². The van der Waals surface area contributed by atoms with Gasteiger partial charge >= 0.3 is 0 Å². The number of aromatic nitrogens is 1. The molecule has 1 heterocycles. The number of pyridine rings is 1. The smallest absolute Gasteiger partial charge is 0.263 e. The molecule has 0 atom stereocenters. The third kappa shape index (κ3) is 3.47. The molecule has 0 unspecified atom stereocenters. The lowest BCUT2D eigenvalue weighted by molar-refractivity contribution is 0.185. The highest BCUT2D eigenvalue weighted by molar-refractivity contribution is 7.92. The van der Waals surface area contributed by atoms with Crippen molar-refractivity contribution in [3.63, 3.8) is 0 Å². The van der Waals surface area contributed by atoms with Crippen LogP contribution in [0.3, 0.4) is 0 Å². The van der Waals surface area contributed by atoms with Crippen LogP contribution in [-0.2, 0) is 21.4 Å². The molecule has 1 aromatic carbocycles. The van der Waals surface area contributed by atoms with E-state index in [1.54, 1.807) is 25.3 Å². The van der Waals surface area contributed by atoms with Crippen LogP contribution in [0.5, 0.6) is 0 Å². The number of sulfonamides is 1. The van der Waals surface area contributed by atoms with Crippen molar-refractivity contribution in [2.75, 3.05) is 11.8 Å². The lowest BCUT2D eigenvalue weighted by Gasteiger charge is -2.11. The fourth-order valence-electron chi connectivity index (χ4n) is 1.63. The third-order valence-electron chi connectivity index (χ3n) is 2.57. The van der Waals surface area contributed by atoms with E-state index in [1.165, 1.54) is 18.3 Å². The Kier molecular flexibility index (Phi) is 4.59. The van der Waals surface area contributed by atoms with Crippen LogP contribution in [0.2, 0.25) is 5.15 Å². The molecule has 2 aromatic rings. The van der Waals surface area contributed by atoms with E-state index < -0.39 is 10.0 Å². The van der Waals surface area contributed by atoms with Crippen molar-refractivity contribution in [2.45, 2.75) is 11.5 Å². The van der Waals surface area contributed by atoms with E-state index in [0.29, 0.717) is 12.3 Å². The number of anilines is 1. The van der Waals surface area contributed by atoms with Crippen molar-refractivity contribution in [3.8, 4) is 0 Å². The summed E-state index contributed by atoms with van der Waals surface area (Å²) in [6.07, 6.45) is 1.21. The lowest BCUT2D eigenvalue weighted by atomic mass is 10.2. The second-order valence-electron chi connectivity index (χ2n) is 4.01. The minimum Gasteiger partial charge on any atom is -0.380 e. The summed E-state index contributed by atoms with van der Waals surface area (Å²) in [5.74, 6) is 0. The van der Waals surface area contributed by atoms with Crippen molar-refractivity contribution in [2.24, 2.45) is 0 Å². The van der Waals surface area contributed by atoms with Crippen LogP contribution in [0.15, 0.2) is 47.5 Å². The summed E-state index contributed by atoms with van der Waals surface area (Å²) in [6.45, 7) is 0.317. The molecule has 0 radical (unpaired) electrons. The average molecular weight is 313 g/mol. The first-order valence-electron chi connectivity index (χ1n) is 5.74. The number of nitrogens with zero attached hydrogens (tertiary/aromatic N) is 1. The minimum absolute atomic E-state index is 0.0501. The highest BCUT2D eigenvalue weighted by Crippen LogP contribution is 2.20. The first kappa shape index (κ1) is 14.8. The zero-order valence-electron chi connectivity index (χ0n) is 10.7. The van der Waals surface area contributed by atoms with Crippen molar-refractivity contribution in [1.29, 1.82) is 0 Å². The predicted molar refractivity (Wildman–Crippen MR) is 77.2 cm³/mol. The molecule has 0 aliphatic rings. The van der Waals surface area contributed by atoms with Gasteiger partial charge in [0, 0.05) is 18.9 Å². The maximum atomic E-state index is 12.2. The molecule has 0 spiro atoms. The Morgan fingerprint density at radius 2 is 2.00 bits per heavy atom. The fourth-order valence-corrected chi connectivity index (χ4v) is 2.78. The van der Waals surface area contributed by atoms with Crippen molar-refractivity contribution < 1.29 is 13.2 Å². The quantitative estimate of drug-likeness (QED) is 0.862. The zero-order chi connectivity index (χ0) is 14.6. The Bertz CT molecular complexity index is 687. The predicted octanol–water partition coefficient (Wildman–Crippen LogP) is 2.68. The van der Waals surface area contributed by atoms with E-state index in [9.17, 15) is 8.42 Å². The zero-order valence-corrected chi connectivity index (χ0v) is 12.3. The largest absolute Gasteiger partial charge is 0.380 e. The van der Waals surface area contributed by atoms with Crippen LogP contribution in [0.25, 0.3) is 0 Å². The highest BCUT2D eigenvalue weighted by atomic mass is 35.5. The first-order valence-corrected chi connectivity index (χ1v) is 7.60. The number of hydrogen-bond donors (Lipinski definition) is 1. The molecule has 106 valence electrons. The molecule has 2 rings (SSSR count). The number of methoxy groups -OCH3 is 1. The number of halogens is 1. The molecular formula is C13H13ClN2O3S. The third-order valence-corrected chi connectivity index (χ3v) is 4.15. The Balaban J connectivity index is 2.31. The summed E-state index contributed by atoms with van der Waals surface area (Å²) in [5.41, 5.74) is 1.23. The normalized spacial score (nSPS) is 11.3. The van der Waals surface area contributed by atoms with E-state index in [0.717, 1.165) is 5.56 Å². The first-order chi connectivity index (χ1) is 9.53. The molecule has 0 saturated heterocycles. The molecule has 0 aliphatic heterocycles. The van der Waals surface area contributed by atoms with Crippen LogP contribution in [0, 0.1) is 0 Å². The Morgan fingerprint density at radius 3 is 2.65 bits per heavy atom. The molecule has 1 aromatic heterocycles. The topological polar surface area (TPSA) is 68.3 Å². The standard InChI is InChI=1S/C13H13ClN2O3S/c1-19-9-10-4-2-3-5-12(10)16-20(17,18)11-6-7-13(14)15-8-11/h2-8,16H,9H2,1H3.